The summed E-state index contributed by atoms with van der Waals surface area (Å²) in [6.07, 6.45) is 4.16. The van der Waals surface area contributed by atoms with Gasteiger partial charge in [0.2, 0.25) is 0 Å². The van der Waals surface area contributed by atoms with Crippen molar-refractivity contribution in [3.8, 4) is 6.07 Å². The second kappa shape index (κ2) is 6.55. The Kier molecular flexibility index (Phi) is 5.06. The van der Waals surface area contributed by atoms with Crippen LogP contribution in [0, 0.1) is 25.2 Å². The van der Waals surface area contributed by atoms with Gasteiger partial charge in [0.15, 0.2) is 0 Å². The Labute approximate surface area is 107 Å². The normalized spacial score (nSPS) is 10.9. The Balaban J connectivity index is 3.05. The predicted molar refractivity (Wildman–Crippen MR) is 70.6 cm³/mol. The van der Waals surface area contributed by atoms with Crippen LogP contribution in [-0.2, 0) is 4.79 Å². The molecule has 1 heterocycles. The van der Waals surface area contributed by atoms with E-state index >= 15 is 0 Å². The SMILES string of the molecule is CCCNC(=O)/C(C#N)=C/c1c(C)ccnc1C. The van der Waals surface area contributed by atoms with E-state index in [1.807, 2.05) is 32.9 Å². The van der Waals surface area contributed by atoms with Gasteiger partial charge < -0.3 is 5.32 Å². The number of nitrogens with zero attached hydrogens (tertiary/aromatic N) is 2. The van der Waals surface area contributed by atoms with Gasteiger partial charge in [0.1, 0.15) is 11.6 Å². The number of aromatic nitrogens is 1. The van der Waals surface area contributed by atoms with Gasteiger partial charge in [0.25, 0.3) is 5.91 Å². The van der Waals surface area contributed by atoms with Gasteiger partial charge in [-0.15, -0.1) is 0 Å². The van der Waals surface area contributed by atoms with Crippen LogP contribution in [0.25, 0.3) is 6.08 Å². The fraction of sp³-hybridized carbons (Fsp3) is 0.357. The van der Waals surface area contributed by atoms with Crippen molar-refractivity contribution in [3.63, 3.8) is 0 Å². The van der Waals surface area contributed by atoms with Crippen molar-refractivity contribution in [1.29, 1.82) is 5.26 Å². The van der Waals surface area contributed by atoms with Crippen molar-refractivity contribution >= 4 is 12.0 Å². The number of hydrogen-bond donors (Lipinski definition) is 1. The molecule has 0 bridgehead atoms. The van der Waals surface area contributed by atoms with E-state index in [1.54, 1.807) is 12.3 Å². The first-order valence-corrected chi connectivity index (χ1v) is 5.92. The van der Waals surface area contributed by atoms with Crippen molar-refractivity contribution in [2.75, 3.05) is 6.54 Å². The number of amides is 1. The average Bonchev–Trinajstić information content (AvgIpc) is 2.35. The minimum Gasteiger partial charge on any atom is -0.351 e. The van der Waals surface area contributed by atoms with E-state index in [1.165, 1.54) is 0 Å². The fourth-order valence-corrected chi connectivity index (χ4v) is 1.55. The fourth-order valence-electron chi connectivity index (χ4n) is 1.55. The molecular weight excluding hydrogens is 226 g/mol. The standard InChI is InChI=1S/C14H17N3O/c1-4-6-17-14(18)12(9-15)8-13-10(2)5-7-16-11(13)3/h5,7-8H,4,6H2,1-3H3,(H,17,18)/b12-8+. The molecule has 1 aromatic heterocycles. The van der Waals surface area contributed by atoms with Gasteiger partial charge in [-0.25, -0.2) is 0 Å². The Morgan fingerprint density at radius 1 is 1.56 bits per heavy atom. The topological polar surface area (TPSA) is 65.8 Å². The zero-order valence-corrected chi connectivity index (χ0v) is 10.9. The lowest BCUT2D eigenvalue weighted by atomic mass is 10.0. The van der Waals surface area contributed by atoms with Crippen molar-refractivity contribution in [1.82, 2.24) is 10.3 Å². The second-order valence-corrected chi connectivity index (χ2v) is 4.05. The highest BCUT2D eigenvalue weighted by molar-refractivity contribution is 6.01. The van der Waals surface area contributed by atoms with E-state index in [0.29, 0.717) is 6.54 Å². The van der Waals surface area contributed by atoms with E-state index < -0.39 is 0 Å². The number of pyridine rings is 1. The highest BCUT2D eigenvalue weighted by atomic mass is 16.1. The summed E-state index contributed by atoms with van der Waals surface area (Å²) in [7, 11) is 0. The molecule has 0 saturated heterocycles. The summed E-state index contributed by atoms with van der Waals surface area (Å²) < 4.78 is 0. The summed E-state index contributed by atoms with van der Waals surface area (Å²) in [4.78, 5) is 15.9. The maximum atomic E-state index is 11.7. The minimum absolute atomic E-state index is 0.114. The number of aryl methyl sites for hydroxylation is 2. The Bertz CT molecular complexity index is 492. The second-order valence-electron chi connectivity index (χ2n) is 4.05. The average molecular weight is 243 g/mol. The molecule has 0 atom stereocenters. The van der Waals surface area contributed by atoms with Crippen LogP contribution in [0.1, 0.15) is 30.2 Å². The van der Waals surface area contributed by atoms with Crippen molar-refractivity contribution in [2.24, 2.45) is 0 Å². The quantitative estimate of drug-likeness (QED) is 0.650. The predicted octanol–water partition coefficient (Wildman–Crippen LogP) is 2.13. The molecular formula is C14H17N3O. The van der Waals surface area contributed by atoms with Gasteiger partial charge in [0, 0.05) is 24.0 Å². The maximum absolute atomic E-state index is 11.7. The van der Waals surface area contributed by atoms with E-state index in [-0.39, 0.29) is 11.5 Å². The highest BCUT2D eigenvalue weighted by Gasteiger charge is 2.10. The molecule has 1 aromatic rings. The van der Waals surface area contributed by atoms with Crippen LogP contribution in [0.3, 0.4) is 0 Å². The first-order valence-electron chi connectivity index (χ1n) is 5.92. The number of carbonyl (C=O) groups excluding carboxylic acids is 1. The molecule has 0 aromatic carbocycles. The largest absolute Gasteiger partial charge is 0.351 e. The van der Waals surface area contributed by atoms with Crippen LogP contribution < -0.4 is 5.32 Å². The number of rotatable bonds is 4. The molecule has 1 rings (SSSR count). The lowest BCUT2D eigenvalue weighted by Gasteiger charge is -2.05. The summed E-state index contributed by atoms with van der Waals surface area (Å²) in [5, 5.41) is 11.7. The lowest BCUT2D eigenvalue weighted by molar-refractivity contribution is -0.117. The Morgan fingerprint density at radius 3 is 2.83 bits per heavy atom. The third kappa shape index (κ3) is 3.42. The molecule has 4 nitrogen and oxygen atoms in total. The zero-order chi connectivity index (χ0) is 13.5. The van der Waals surface area contributed by atoms with Gasteiger partial charge in [-0.2, -0.15) is 5.26 Å². The van der Waals surface area contributed by atoms with Gasteiger partial charge in [0.05, 0.1) is 0 Å². The number of nitrogens with one attached hydrogen (secondary N) is 1. The van der Waals surface area contributed by atoms with E-state index in [4.69, 9.17) is 5.26 Å². The lowest BCUT2D eigenvalue weighted by Crippen LogP contribution is -2.25. The van der Waals surface area contributed by atoms with Crippen LogP contribution in [0.15, 0.2) is 17.8 Å². The molecule has 0 aliphatic heterocycles. The van der Waals surface area contributed by atoms with E-state index in [9.17, 15) is 4.79 Å². The van der Waals surface area contributed by atoms with E-state index in [0.717, 1.165) is 23.2 Å². The molecule has 94 valence electrons. The molecule has 0 fully saturated rings. The van der Waals surface area contributed by atoms with Gasteiger partial charge in [-0.05, 0) is 38.0 Å². The molecule has 1 amide bonds. The molecule has 18 heavy (non-hydrogen) atoms. The zero-order valence-electron chi connectivity index (χ0n) is 10.9. The molecule has 0 saturated carbocycles. The minimum atomic E-state index is -0.331. The highest BCUT2D eigenvalue weighted by Crippen LogP contribution is 2.15. The third-order valence-electron chi connectivity index (χ3n) is 2.60. The molecule has 0 radical (unpaired) electrons. The Hall–Kier alpha value is -2.15. The first kappa shape index (κ1) is 13.9. The van der Waals surface area contributed by atoms with Crippen molar-refractivity contribution in [3.05, 3.63) is 34.7 Å². The Morgan fingerprint density at radius 2 is 2.28 bits per heavy atom. The number of nitriles is 1. The summed E-state index contributed by atoms with van der Waals surface area (Å²) in [6, 6.07) is 3.79. The smallest absolute Gasteiger partial charge is 0.261 e. The van der Waals surface area contributed by atoms with Crippen molar-refractivity contribution in [2.45, 2.75) is 27.2 Å². The number of carbonyl (C=O) groups is 1. The molecule has 0 aliphatic rings. The summed E-state index contributed by atoms with van der Waals surface area (Å²) >= 11 is 0. The van der Waals surface area contributed by atoms with Crippen LogP contribution in [0.2, 0.25) is 0 Å². The number of hydrogen-bond acceptors (Lipinski definition) is 3. The summed E-state index contributed by atoms with van der Waals surface area (Å²) in [5.74, 6) is -0.331. The molecule has 4 heteroatoms. The molecule has 0 spiro atoms. The monoisotopic (exact) mass is 243 g/mol. The van der Waals surface area contributed by atoms with Crippen LogP contribution >= 0.6 is 0 Å². The van der Waals surface area contributed by atoms with Crippen LogP contribution in [0.5, 0.6) is 0 Å². The van der Waals surface area contributed by atoms with Crippen LogP contribution in [-0.4, -0.2) is 17.4 Å². The van der Waals surface area contributed by atoms with Gasteiger partial charge in [-0.3, -0.25) is 9.78 Å². The van der Waals surface area contributed by atoms with Crippen LogP contribution in [0.4, 0.5) is 0 Å². The summed E-state index contributed by atoms with van der Waals surface area (Å²) in [5.41, 5.74) is 2.76. The molecule has 0 unspecified atom stereocenters. The maximum Gasteiger partial charge on any atom is 0.261 e. The molecule has 0 aliphatic carbocycles. The van der Waals surface area contributed by atoms with Crippen molar-refractivity contribution < 1.29 is 4.79 Å². The van der Waals surface area contributed by atoms with E-state index in [2.05, 4.69) is 10.3 Å². The third-order valence-corrected chi connectivity index (χ3v) is 2.60. The summed E-state index contributed by atoms with van der Waals surface area (Å²) in [6.45, 7) is 6.32. The van der Waals surface area contributed by atoms with Gasteiger partial charge >= 0.3 is 0 Å². The first-order chi connectivity index (χ1) is 8.60. The molecule has 1 N–H and O–H groups in total. The van der Waals surface area contributed by atoms with Gasteiger partial charge in [-0.1, -0.05) is 6.92 Å².